The fourth-order valence-corrected chi connectivity index (χ4v) is 1.54. The number of methoxy groups -OCH3 is 1. The first-order chi connectivity index (χ1) is 7.70. The van der Waals surface area contributed by atoms with Crippen LogP contribution in [-0.2, 0) is 0 Å². The first-order valence-corrected chi connectivity index (χ1v) is 5.00. The Morgan fingerprint density at radius 3 is 2.81 bits per heavy atom. The van der Waals surface area contributed by atoms with Crippen LogP contribution in [0.2, 0.25) is 0 Å². The molecule has 2 N–H and O–H groups in total. The van der Waals surface area contributed by atoms with Gasteiger partial charge in [0.05, 0.1) is 18.1 Å². The Kier molecular flexibility index (Phi) is 2.91. The van der Waals surface area contributed by atoms with Crippen molar-refractivity contribution >= 4 is 11.4 Å². The van der Waals surface area contributed by atoms with Crippen molar-refractivity contribution in [2.75, 3.05) is 25.5 Å². The van der Waals surface area contributed by atoms with Crippen LogP contribution in [0.5, 0.6) is 5.75 Å². The maximum atomic E-state index is 10.7. The van der Waals surface area contributed by atoms with Gasteiger partial charge in [0, 0.05) is 30.9 Å². The molecular formula is C10H13N3O3. The smallest absolute Gasteiger partial charge is 0.311 e. The summed E-state index contributed by atoms with van der Waals surface area (Å²) in [6, 6.07) is 5.19. The lowest BCUT2D eigenvalue weighted by Crippen LogP contribution is -2.51. The zero-order chi connectivity index (χ0) is 11.5. The number of benzene rings is 1. The van der Waals surface area contributed by atoms with Crippen molar-refractivity contribution in [2.24, 2.45) is 0 Å². The third kappa shape index (κ3) is 2.06. The number of rotatable bonds is 4. The van der Waals surface area contributed by atoms with Crippen LogP contribution < -0.4 is 15.4 Å². The summed E-state index contributed by atoms with van der Waals surface area (Å²) in [5.41, 5.74) is 0.828. The number of nitrogens with zero attached hydrogens (tertiary/aromatic N) is 1. The zero-order valence-electron chi connectivity index (χ0n) is 8.90. The molecule has 1 saturated heterocycles. The maximum Gasteiger partial charge on any atom is 0.311 e. The minimum Gasteiger partial charge on any atom is -0.490 e. The van der Waals surface area contributed by atoms with Crippen LogP contribution in [0, 0.1) is 10.1 Å². The minimum absolute atomic E-state index is 0.0141. The van der Waals surface area contributed by atoms with Crippen LogP contribution in [0.15, 0.2) is 18.2 Å². The third-order valence-corrected chi connectivity index (χ3v) is 2.53. The summed E-state index contributed by atoms with van der Waals surface area (Å²) in [5, 5.41) is 17.1. The highest BCUT2D eigenvalue weighted by Gasteiger charge is 2.19. The normalized spacial score (nSPS) is 15.3. The van der Waals surface area contributed by atoms with Gasteiger partial charge in [-0.3, -0.25) is 10.1 Å². The molecule has 86 valence electrons. The Hall–Kier alpha value is -1.82. The fourth-order valence-electron chi connectivity index (χ4n) is 1.54. The third-order valence-electron chi connectivity index (χ3n) is 2.53. The van der Waals surface area contributed by atoms with Crippen molar-refractivity contribution in [2.45, 2.75) is 6.04 Å². The molecule has 0 atom stereocenters. The van der Waals surface area contributed by atoms with Gasteiger partial charge < -0.3 is 15.4 Å². The number of hydrogen-bond acceptors (Lipinski definition) is 5. The average Bonchev–Trinajstić information content (AvgIpc) is 2.23. The SMILES string of the molecule is COc1cc(NC2CNC2)ccc1[N+](=O)[O-]. The lowest BCUT2D eigenvalue weighted by Gasteiger charge is -2.29. The summed E-state index contributed by atoms with van der Waals surface area (Å²) in [5.74, 6) is 0.280. The summed E-state index contributed by atoms with van der Waals surface area (Å²) in [6.45, 7) is 1.83. The van der Waals surface area contributed by atoms with Crippen molar-refractivity contribution in [3.63, 3.8) is 0 Å². The van der Waals surface area contributed by atoms with Crippen molar-refractivity contribution in [1.29, 1.82) is 0 Å². The second kappa shape index (κ2) is 4.36. The summed E-state index contributed by atoms with van der Waals surface area (Å²) >= 11 is 0. The molecule has 1 aromatic carbocycles. The maximum absolute atomic E-state index is 10.7. The standard InChI is InChI=1S/C10H13N3O3/c1-16-10-4-7(12-8-5-11-6-8)2-3-9(10)13(14)15/h2-4,8,11-12H,5-6H2,1H3. The molecule has 1 heterocycles. The molecule has 6 heteroatoms. The number of nitro groups is 1. The van der Waals surface area contributed by atoms with Gasteiger partial charge in [0.25, 0.3) is 0 Å². The van der Waals surface area contributed by atoms with Gasteiger partial charge in [-0.25, -0.2) is 0 Å². The molecule has 1 aliphatic rings. The molecule has 0 saturated carbocycles. The van der Waals surface area contributed by atoms with E-state index >= 15 is 0 Å². The Morgan fingerprint density at radius 1 is 1.56 bits per heavy atom. The van der Waals surface area contributed by atoms with E-state index in [1.165, 1.54) is 13.2 Å². The van der Waals surface area contributed by atoms with Crippen LogP contribution >= 0.6 is 0 Å². The van der Waals surface area contributed by atoms with Crippen molar-refractivity contribution in [1.82, 2.24) is 5.32 Å². The average molecular weight is 223 g/mol. The van der Waals surface area contributed by atoms with Crippen LogP contribution in [0.4, 0.5) is 11.4 Å². The molecule has 1 fully saturated rings. The number of hydrogen-bond donors (Lipinski definition) is 2. The highest BCUT2D eigenvalue weighted by molar-refractivity contribution is 5.58. The molecule has 0 radical (unpaired) electrons. The number of anilines is 1. The molecule has 0 aliphatic carbocycles. The van der Waals surface area contributed by atoms with E-state index in [9.17, 15) is 10.1 Å². The second-order valence-electron chi connectivity index (χ2n) is 3.64. The molecule has 0 amide bonds. The summed E-state index contributed by atoms with van der Waals surface area (Å²) < 4.78 is 4.98. The highest BCUT2D eigenvalue weighted by atomic mass is 16.6. The van der Waals surface area contributed by atoms with Gasteiger partial charge in [-0.15, -0.1) is 0 Å². The summed E-state index contributed by atoms with van der Waals surface area (Å²) in [4.78, 5) is 10.2. The van der Waals surface area contributed by atoms with E-state index in [4.69, 9.17) is 4.74 Å². The minimum atomic E-state index is -0.451. The second-order valence-corrected chi connectivity index (χ2v) is 3.64. The molecule has 1 aromatic rings. The molecule has 1 aliphatic heterocycles. The molecule has 6 nitrogen and oxygen atoms in total. The van der Waals surface area contributed by atoms with E-state index in [1.54, 1.807) is 12.1 Å². The predicted molar refractivity (Wildman–Crippen MR) is 59.9 cm³/mol. The van der Waals surface area contributed by atoms with Gasteiger partial charge in [-0.2, -0.15) is 0 Å². The molecule has 0 unspecified atom stereocenters. The van der Waals surface area contributed by atoms with Crippen molar-refractivity contribution in [3.05, 3.63) is 28.3 Å². The lowest BCUT2D eigenvalue weighted by atomic mass is 10.1. The predicted octanol–water partition coefficient (Wildman–Crippen LogP) is 0.987. The lowest BCUT2D eigenvalue weighted by molar-refractivity contribution is -0.385. The van der Waals surface area contributed by atoms with Gasteiger partial charge in [0.2, 0.25) is 0 Å². The molecule has 0 spiro atoms. The van der Waals surface area contributed by atoms with Gasteiger partial charge in [0.1, 0.15) is 0 Å². The highest BCUT2D eigenvalue weighted by Crippen LogP contribution is 2.29. The molecule has 2 rings (SSSR count). The quantitative estimate of drug-likeness (QED) is 0.588. The topological polar surface area (TPSA) is 76.4 Å². The van der Waals surface area contributed by atoms with Gasteiger partial charge in [-0.1, -0.05) is 0 Å². The summed E-state index contributed by atoms with van der Waals surface area (Å²) in [7, 11) is 1.43. The van der Waals surface area contributed by atoms with E-state index < -0.39 is 4.92 Å². The largest absolute Gasteiger partial charge is 0.490 e. The van der Waals surface area contributed by atoms with Crippen LogP contribution in [0.25, 0.3) is 0 Å². The van der Waals surface area contributed by atoms with Gasteiger partial charge in [0.15, 0.2) is 5.75 Å². The van der Waals surface area contributed by atoms with Crippen LogP contribution in [0.1, 0.15) is 0 Å². The number of nitro benzene ring substituents is 1. The first-order valence-electron chi connectivity index (χ1n) is 5.00. The molecule has 0 aromatic heterocycles. The van der Waals surface area contributed by atoms with Crippen LogP contribution in [0.3, 0.4) is 0 Å². The van der Waals surface area contributed by atoms with Crippen molar-refractivity contribution in [3.8, 4) is 5.75 Å². The Morgan fingerprint density at radius 2 is 2.31 bits per heavy atom. The van der Waals surface area contributed by atoms with Gasteiger partial charge >= 0.3 is 5.69 Å². The number of ether oxygens (including phenoxy) is 1. The van der Waals surface area contributed by atoms with Crippen molar-refractivity contribution < 1.29 is 9.66 Å². The summed E-state index contributed by atoms with van der Waals surface area (Å²) in [6.07, 6.45) is 0. The monoisotopic (exact) mass is 223 g/mol. The zero-order valence-corrected chi connectivity index (χ0v) is 8.90. The Balaban J connectivity index is 2.18. The van der Waals surface area contributed by atoms with E-state index in [-0.39, 0.29) is 11.4 Å². The Labute approximate surface area is 92.8 Å². The molecular weight excluding hydrogens is 210 g/mol. The van der Waals surface area contributed by atoms with E-state index in [0.29, 0.717) is 6.04 Å². The molecule has 16 heavy (non-hydrogen) atoms. The van der Waals surface area contributed by atoms with Gasteiger partial charge in [-0.05, 0) is 6.07 Å². The van der Waals surface area contributed by atoms with E-state index in [1.807, 2.05) is 0 Å². The first kappa shape index (κ1) is 10.7. The number of nitrogens with one attached hydrogen (secondary N) is 2. The molecule has 0 bridgehead atoms. The Bertz CT molecular complexity index is 404. The van der Waals surface area contributed by atoms with Crippen LogP contribution in [-0.4, -0.2) is 31.2 Å². The fraction of sp³-hybridized carbons (Fsp3) is 0.400. The van der Waals surface area contributed by atoms with E-state index in [2.05, 4.69) is 10.6 Å². The van der Waals surface area contributed by atoms with E-state index in [0.717, 1.165) is 18.8 Å².